The summed E-state index contributed by atoms with van der Waals surface area (Å²) in [7, 11) is -2.93. The second kappa shape index (κ2) is 6.70. The van der Waals surface area contributed by atoms with E-state index in [4.69, 9.17) is 9.15 Å². The molecule has 1 N–H and O–H groups in total. The maximum absolute atomic E-state index is 12.9. The summed E-state index contributed by atoms with van der Waals surface area (Å²) in [6.45, 7) is 0. The zero-order valence-corrected chi connectivity index (χ0v) is 15.8. The minimum atomic E-state index is -4.66. The molecule has 3 aromatic carbocycles. The molecule has 0 fully saturated rings. The number of furan rings is 1. The van der Waals surface area contributed by atoms with Crippen molar-refractivity contribution in [2.24, 2.45) is 0 Å². The van der Waals surface area contributed by atoms with E-state index in [1.165, 1.54) is 13.2 Å². The van der Waals surface area contributed by atoms with E-state index in [1.54, 1.807) is 18.2 Å². The average molecular weight is 421 g/mol. The van der Waals surface area contributed by atoms with Gasteiger partial charge in [0.1, 0.15) is 16.9 Å². The van der Waals surface area contributed by atoms with Crippen molar-refractivity contribution < 1.29 is 30.7 Å². The van der Waals surface area contributed by atoms with Gasteiger partial charge in [0.15, 0.2) is 0 Å². The van der Waals surface area contributed by atoms with Crippen LogP contribution in [0.25, 0.3) is 21.9 Å². The summed E-state index contributed by atoms with van der Waals surface area (Å²) >= 11 is 0. The predicted molar refractivity (Wildman–Crippen MR) is 103 cm³/mol. The van der Waals surface area contributed by atoms with Crippen LogP contribution in [-0.4, -0.2) is 15.5 Å². The number of methoxy groups -OCH3 is 1. The van der Waals surface area contributed by atoms with Crippen LogP contribution in [0.4, 0.5) is 18.9 Å². The lowest BCUT2D eigenvalue weighted by Gasteiger charge is -2.13. The first-order valence-corrected chi connectivity index (χ1v) is 9.87. The molecule has 0 aliphatic rings. The Morgan fingerprint density at radius 1 is 0.931 bits per heavy atom. The molecule has 0 amide bonds. The first-order valence-electron chi connectivity index (χ1n) is 8.38. The highest BCUT2D eigenvalue weighted by Gasteiger charge is 2.32. The van der Waals surface area contributed by atoms with Gasteiger partial charge < -0.3 is 9.15 Å². The van der Waals surface area contributed by atoms with Crippen LogP contribution < -0.4 is 9.46 Å². The van der Waals surface area contributed by atoms with Crippen LogP contribution in [0, 0.1) is 0 Å². The average Bonchev–Trinajstić information content (AvgIpc) is 3.04. The Morgan fingerprint density at radius 2 is 1.69 bits per heavy atom. The Bertz CT molecular complexity index is 1330. The van der Waals surface area contributed by atoms with Crippen molar-refractivity contribution in [3.05, 3.63) is 66.2 Å². The first kappa shape index (κ1) is 19.1. The summed E-state index contributed by atoms with van der Waals surface area (Å²) in [5, 5.41) is 1.55. The summed E-state index contributed by atoms with van der Waals surface area (Å²) in [5.74, 6) is 0.208. The molecule has 0 aliphatic heterocycles. The second-order valence-corrected chi connectivity index (χ2v) is 7.96. The van der Waals surface area contributed by atoms with Gasteiger partial charge in [0.05, 0.1) is 23.3 Å². The van der Waals surface area contributed by atoms with Crippen LogP contribution in [0.2, 0.25) is 0 Å². The molecule has 0 aliphatic carbocycles. The fourth-order valence-corrected chi connectivity index (χ4v) is 4.15. The SMILES string of the molecule is COc1cc2c(cc1NS(=O)(=O)c1cccc(C(F)(F)F)c1)oc1ccccc12. The van der Waals surface area contributed by atoms with Crippen molar-refractivity contribution in [1.29, 1.82) is 0 Å². The van der Waals surface area contributed by atoms with Crippen LogP contribution in [0.1, 0.15) is 5.56 Å². The maximum atomic E-state index is 12.9. The molecule has 0 bridgehead atoms. The number of hydrogen-bond acceptors (Lipinski definition) is 4. The van der Waals surface area contributed by atoms with Gasteiger partial charge in [-0.2, -0.15) is 13.2 Å². The summed E-state index contributed by atoms with van der Waals surface area (Å²) in [5.41, 5.74) is 0.0210. The van der Waals surface area contributed by atoms with Crippen molar-refractivity contribution in [1.82, 2.24) is 0 Å². The zero-order valence-electron chi connectivity index (χ0n) is 14.9. The molecule has 1 aromatic heterocycles. The Morgan fingerprint density at radius 3 is 2.41 bits per heavy atom. The highest BCUT2D eigenvalue weighted by molar-refractivity contribution is 7.92. The molecule has 0 saturated heterocycles. The van der Waals surface area contributed by atoms with Crippen molar-refractivity contribution in [2.75, 3.05) is 11.8 Å². The standard InChI is InChI=1S/C20H14F3NO4S/c1-27-19-10-15-14-7-2-3-8-17(14)28-18(15)11-16(19)24-29(25,26)13-6-4-5-12(9-13)20(21,22)23/h2-11,24H,1H3. The topological polar surface area (TPSA) is 68.5 Å². The number of nitrogens with one attached hydrogen (secondary N) is 1. The number of anilines is 1. The number of rotatable bonds is 4. The normalized spacial score (nSPS) is 12.4. The molecule has 9 heteroatoms. The molecular weight excluding hydrogens is 407 g/mol. The molecule has 0 spiro atoms. The third kappa shape index (κ3) is 3.49. The molecule has 150 valence electrons. The molecule has 4 rings (SSSR count). The van der Waals surface area contributed by atoms with Crippen LogP contribution in [0.15, 0.2) is 70.0 Å². The van der Waals surface area contributed by atoms with Crippen LogP contribution in [0.3, 0.4) is 0 Å². The number of fused-ring (bicyclic) bond motifs is 3. The van der Waals surface area contributed by atoms with E-state index in [0.29, 0.717) is 17.2 Å². The minimum absolute atomic E-state index is 0.0523. The van der Waals surface area contributed by atoms with E-state index in [0.717, 1.165) is 29.0 Å². The summed E-state index contributed by atoms with van der Waals surface area (Å²) in [6, 6.07) is 13.8. The molecule has 1 heterocycles. The van der Waals surface area contributed by atoms with E-state index < -0.39 is 26.7 Å². The lowest BCUT2D eigenvalue weighted by Crippen LogP contribution is -2.15. The van der Waals surface area contributed by atoms with Gasteiger partial charge in [0.2, 0.25) is 0 Å². The number of hydrogen-bond donors (Lipinski definition) is 1. The van der Waals surface area contributed by atoms with E-state index >= 15 is 0 Å². The molecule has 0 radical (unpaired) electrons. The van der Waals surface area contributed by atoms with Gasteiger partial charge in [-0.15, -0.1) is 0 Å². The fraction of sp³-hybridized carbons (Fsp3) is 0.100. The number of para-hydroxylation sites is 1. The molecular formula is C20H14F3NO4S. The van der Waals surface area contributed by atoms with E-state index in [-0.39, 0.29) is 11.4 Å². The third-order valence-electron chi connectivity index (χ3n) is 4.41. The van der Waals surface area contributed by atoms with Gasteiger partial charge in [-0.1, -0.05) is 24.3 Å². The number of alkyl halides is 3. The van der Waals surface area contributed by atoms with Crippen molar-refractivity contribution in [2.45, 2.75) is 11.1 Å². The van der Waals surface area contributed by atoms with Gasteiger partial charge in [-0.05, 0) is 30.3 Å². The van der Waals surface area contributed by atoms with E-state index in [1.807, 2.05) is 12.1 Å². The van der Waals surface area contributed by atoms with Crippen molar-refractivity contribution in [3.63, 3.8) is 0 Å². The lowest BCUT2D eigenvalue weighted by molar-refractivity contribution is -0.137. The Kier molecular flexibility index (Phi) is 4.42. The third-order valence-corrected chi connectivity index (χ3v) is 5.78. The van der Waals surface area contributed by atoms with Gasteiger partial charge in [-0.25, -0.2) is 8.42 Å². The van der Waals surface area contributed by atoms with Gasteiger partial charge in [0.25, 0.3) is 10.0 Å². The van der Waals surface area contributed by atoms with Crippen LogP contribution in [0.5, 0.6) is 5.75 Å². The molecule has 5 nitrogen and oxygen atoms in total. The van der Waals surface area contributed by atoms with Gasteiger partial charge in [0, 0.05) is 16.8 Å². The summed E-state index contributed by atoms with van der Waals surface area (Å²) in [6.07, 6.45) is -4.66. The largest absolute Gasteiger partial charge is 0.495 e. The quantitative estimate of drug-likeness (QED) is 0.478. The summed E-state index contributed by atoms with van der Waals surface area (Å²) in [4.78, 5) is -0.515. The Hall–Kier alpha value is -3.20. The van der Waals surface area contributed by atoms with Crippen molar-refractivity contribution >= 4 is 37.6 Å². The van der Waals surface area contributed by atoms with E-state index in [2.05, 4.69) is 4.72 Å². The molecule has 4 aromatic rings. The monoisotopic (exact) mass is 421 g/mol. The number of halogens is 3. The Balaban J connectivity index is 1.79. The van der Waals surface area contributed by atoms with E-state index in [9.17, 15) is 21.6 Å². The Labute approximate surface area is 163 Å². The highest BCUT2D eigenvalue weighted by Crippen LogP contribution is 2.37. The minimum Gasteiger partial charge on any atom is -0.495 e. The van der Waals surface area contributed by atoms with Gasteiger partial charge in [-0.3, -0.25) is 4.72 Å². The van der Waals surface area contributed by atoms with Crippen LogP contribution >= 0.6 is 0 Å². The predicted octanol–water partition coefficient (Wildman–Crippen LogP) is 5.41. The zero-order chi connectivity index (χ0) is 20.8. The number of benzene rings is 3. The summed E-state index contributed by atoms with van der Waals surface area (Å²) < 4.78 is 77.5. The fourth-order valence-electron chi connectivity index (χ4n) is 3.04. The number of sulfonamides is 1. The maximum Gasteiger partial charge on any atom is 0.416 e. The molecule has 0 unspecified atom stereocenters. The first-order chi connectivity index (χ1) is 13.7. The van der Waals surface area contributed by atoms with Crippen LogP contribution in [-0.2, 0) is 16.2 Å². The highest BCUT2D eigenvalue weighted by atomic mass is 32.2. The molecule has 0 atom stereocenters. The molecule has 0 saturated carbocycles. The number of ether oxygens (including phenoxy) is 1. The second-order valence-electron chi connectivity index (χ2n) is 6.28. The smallest absolute Gasteiger partial charge is 0.416 e. The molecule has 29 heavy (non-hydrogen) atoms. The lowest BCUT2D eigenvalue weighted by atomic mass is 10.1. The van der Waals surface area contributed by atoms with Gasteiger partial charge >= 0.3 is 6.18 Å². The van der Waals surface area contributed by atoms with Crippen molar-refractivity contribution in [3.8, 4) is 5.75 Å².